The van der Waals surface area contributed by atoms with Crippen molar-refractivity contribution in [3.05, 3.63) is 41.0 Å². The molecule has 7 heteroatoms. The van der Waals surface area contributed by atoms with E-state index in [0.717, 1.165) is 17.0 Å². The monoisotopic (exact) mass is 374 g/mol. The van der Waals surface area contributed by atoms with Gasteiger partial charge in [-0.2, -0.15) is 5.10 Å². The molecule has 0 unspecified atom stereocenters. The lowest BCUT2D eigenvalue weighted by molar-refractivity contribution is -0.115. The first-order valence-corrected chi connectivity index (χ1v) is 9.23. The van der Waals surface area contributed by atoms with Crippen molar-refractivity contribution in [3.63, 3.8) is 0 Å². The zero-order chi connectivity index (χ0) is 19.7. The molecular weight excluding hydrogens is 347 g/mol. The highest BCUT2D eigenvalue weighted by Gasteiger charge is 2.24. The summed E-state index contributed by atoms with van der Waals surface area (Å²) in [5.74, 6) is -0.530. The van der Waals surface area contributed by atoms with Gasteiger partial charge in [-0.25, -0.2) is 4.39 Å². The average Bonchev–Trinajstić information content (AvgIpc) is 2.80. The van der Waals surface area contributed by atoms with Gasteiger partial charge in [0.15, 0.2) is 0 Å². The van der Waals surface area contributed by atoms with Crippen molar-refractivity contribution in [1.82, 2.24) is 9.78 Å². The number of rotatable bonds is 4. The maximum absolute atomic E-state index is 14.7. The minimum absolute atomic E-state index is 0.0542. The lowest BCUT2D eigenvalue weighted by Crippen LogP contribution is -2.45. The van der Waals surface area contributed by atoms with Gasteiger partial charge in [-0.15, -0.1) is 0 Å². The van der Waals surface area contributed by atoms with Crippen molar-refractivity contribution in [3.8, 4) is 0 Å². The summed E-state index contributed by atoms with van der Waals surface area (Å²) in [6, 6.07) is 4.83. The Morgan fingerprint density at radius 3 is 2.52 bits per heavy atom. The van der Waals surface area contributed by atoms with E-state index in [2.05, 4.69) is 10.4 Å². The third-order valence-electron chi connectivity index (χ3n) is 4.99. The van der Waals surface area contributed by atoms with Gasteiger partial charge in [-0.3, -0.25) is 9.48 Å². The molecule has 1 N–H and O–H groups in total. The molecule has 2 atom stereocenters. The Morgan fingerprint density at radius 2 is 1.96 bits per heavy atom. The van der Waals surface area contributed by atoms with Crippen molar-refractivity contribution in [2.24, 2.45) is 7.05 Å². The minimum atomic E-state index is -0.345. The number of morpholine rings is 1. The Balaban J connectivity index is 1.69. The lowest BCUT2D eigenvalue weighted by atomic mass is 10.1. The third-order valence-corrected chi connectivity index (χ3v) is 4.99. The highest BCUT2D eigenvalue weighted by Crippen LogP contribution is 2.26. The number of aromatic nitrogens is 2. The molecule has 3 rings (SSSR count). The predicted octanol–water partition coefficient (Wildman–Crippen LogP) is 2.97. The summed E-state index contributed by atoms with van der Waals surface area (Å²) < 4.78 is 22.1. The fourth-order valence-corrected chi connectivity index (χ4v) is 3.65. The van der Waals surface area contributed by atoms with Gasteiger partial charge < -0.3 is 15.0 Å². The summed E-state index contributed by atoms with van der Waals surface area (Å²) in [6.45, 7) is 9.07. The maximum Gasteiger partial charge on any atom is 0.228 e. The Hall–Kier alpha value is -2.41. The molecule has 146 valence electrons. The molecular formula is C20H27FN4O2. The van der Waals surface area contributed by atoms with Gasteiger partial charge in [0.1, 0.15) is 5.82 Å². The van der Waals surface area contributed by atoms with E-state index in [9.17, 15) is 9.18 Å². The minimum Gasteiger partial charge on any atom is -0.372 e. The number of carbonyl (C=O) groups excluding carboxylic acids is 1. The Labute approximate surface area is 159 Å². The van der Waals surface area contributed by atoms with Crippen LogP contribution in [0.3, 0.4) is 0 Å². The molecule has 1 aliphatic heterocycles. The van der Waals surface area contributed by atoms with Gasteiger partial charge >= 0.3 is 0 Å². The quantitative estimate of drug-likeness (QED) is 0.894. The number of hydrogen-bond donors (Lipinski definition) is 1. The van der Waals surface area contributed by atoms with Gasteiger partial charge in [-0.05, 0) is 45.9 Å². The Kier molecular flexibility index (Phi) is 5.51. The zero-order valence-corrected chi connectivity index (χ0v) is 16.5. The smallest absolute Gasteiger partial charge is 0.228 e. The van der Waals surface area contributed by atoms with E-state index >= 15 is 0 Å². The van der Waals surface area contributed by atoms with Crippen LogP contribution in [0.2, 0.25) is 0 Å². The average molecular weight is 374 g/mol. The summed E-state index contributed by atoms with van der Waals surface area (Å²) >= 11 is 0. The molecule has 1 aromatic heterocycles. The molecule has 1 aromatic carbocycles. The van der Waals surface area contributed by atoms with Crippen molar-refractivity contribution in [2.45, 2.75) is 46.3 Å². The van der Waals surface area contributed by atoms with E-state index in [1.165, 1.54) is 6.07 Å². The standard InChI is InChI=1S/C20H27FN4O2/c1-12-10-25(11-13(2)27-12)19-7-6-16(8-18(19)21)22-20(26)9-17-14(3)23-24(5)15(17)4/h6-8,12-13H,9-11H2,1-5H3,(H,22,26)/t12-,13-/m1/s1. The van der Waals surface area contributed by atoms with Crippen LogP contribution in [-0.4, -0.2) is 41.0 Å². The van der Waals surface area contributed by atoms with Crippen LogP contribution in [0.1, 0.15) is 30.8 Å². The second-order valence-corrected chi connectivity index (χ2v) is 7.33. The molecule has 0 spiro atoms. The molecule has 1 aliphatic rings. The summed E-state index contributed by atoms with van der Waals surface area (Å²) in [5.41, 5.74) is 3.69. The number of nitrogens with zero attached hydrogens (tertiary/aromatic N) is 3. The number of carbonyl (C=O) groups is 1. The van der Waals surface area contributed by atoms with Crippen LogP contribution < -0.4 is 10.2 Å². The number of nitrogens with one attached hydrogen (secondary N) is 1. The highest BCUT2D eigenvalue weighted by atomic mass is 19.1. The Morgan fingerprint density at radius 1 is 1.30 bits per heavy atom. The topological polar surface area (TPSA) is 59.4 Å². The Bertz CT molecular complexity index is 839. The zero-order valence-electron chi connectivity index (χ0n) is 16.5. The van der Waals surface area contributed by atoms with Gasteiger partial charge in [0.2, 0.25) is 5.91 Å². The number of benzene rings is 1. The first-order chi connectivity index (χ1) is 12.7. The normalized spacial score (nSPS) is 20.0. The SMILES string of the molecule is Cc1nn(C)c(C)c1CC(=O)Nc1ccc(N2C[C@@H](C)O[C@H](C)C2)c(F)c1. The van der Waals surface area contributed by atoms with Crippen molar-refractivity contribution in [1.29, 1.82) is 0 Å². The van der Waals surface area contributed by atoms with Crippen LogP contribution in [0.15, 0.2) is 18.2 Å². The lowest BCUT2D eigenvalue weighted by Gasteiger charge is -2.37. The number of halogens is 1. The van der Waals surface area contributed by atoms with E-state index in [4.69, 9.17) is 4.74 Å². The first kappa shape index (κ1) is 19.4. The third kappa shape index (κ3) is 4.30. The number of aryl methyl sites for hydroxylation is 2. The van der Waals surface area contributed by atoms with Crippen LogP contribution in [0.25, 0.3) is 0 Å². The van der Waals surface area contributed by atoms with E-state index in [1.807, 2.05) is 39.6 Å². The molecule has 0 bridgehead atoms. The second kappa shape index (κ2) is 7.68. The predicted molar refractivity (Wildman–Crippen MR) is 104 cm³/mol. The molecule has 6 nitrogen and oxygen atoms in total. The summed E-state index contributed by atoms with van der Waals surface area (Å²) in [7, 11) is 1.85. The highest BCUT2D eigenvalue weighted by molar-refractivity contribution is 5.92. The number of amides is 1. The molecule has 1 fully saturated rings. The van der Waals surface area contributed by atoms with Crippen LogP contribution in [0.4, 0.5) is 15.8 Å². The molecule has 2 aromatic rings. The van der Waals surface area contributed by atoms with Crippen molar-refractivity contribution in [2.75, 3.05) is 23.3 Å². The summed E-state index contributed by atoms with van der Waals surface area (Å²) in [6.07, 6.45) is 0.324. The largest absolute Gasteiger partial charge is 0.372 e. The summed E-state index contributed by atoms with van der Waals surface area (Å²) in [5, 5.41) is 7.10. The fourth-order valence-electron chi connectivity index (χ4n) is 3.65. The molecule has 1 amide bonds. The molecule has 2 heterocycles. The van der Waals surface area contributed by atoms with Gasteiger partial charge in [0.25, 0.3) is 0 Å². The number of ether oxygens (including phenoxy) is 1. The molecule has 0 radical (unpaired) electrons. The van der Waals surface area contributed by atoms with E-state index in [0.29, 0.717) is 24.5 Å². The van der Waals surface area contributed by atoms with Crippen molar-refractivity contribution >= 4 is 17.3 Å². The van der Waals surface area contributed by atoms with E-state index < -0.39 is 0 Å². The molecule has 0 saturated carbocycles. The van der Waals surface area contributed by atoms with E-state index in [1.54, 1.807) is 16.8 Å². The van der Waals surface area contributed by atoms with Crippen molar-refractivity contribution < 1.29 is 13.9 Å². The van der Waals surface area contributed by atoms with Crippen LogP contribution in [0, 0.1) is 19.7 Å². The van der Waals surface area contributed by atoms with E-state index in [-0.39, 0.29) is 30.4 Å². The molecule has 0 aliphatic carbocycles. The fraction of sp³-hybridized carbons (Fsp3) is 0.500. The second-order valence-electron chi connectivity index (χ2n) is 7.33. The van der Waals surface area contributed by atoms with Crippen LogP contribution in [-0.2, 0) is 23.0 Å². The van der Waals surface area contributed by atoms with Gasteiger partial charge in [0, 0.05) is 37.1 Å². The van der Waals surface area contributed by atoms with Crippen LogP contribution in [0.5, 0.6) is 0 Å². The van der Waals surface area contributed by atoms with Crippen LogP contribution >= 0.6 is 0 Å². The van der Waals surface area contributed by atoms with Gasteiger partial charge in [0.05, 0.1) is 30.0 Å². The number of hydrogen-bond acceptors (Lipinski definition) is 4. The maximum atomic E-state index is 14.7. The number of anilines is 2. The first-order valence-electron chi connectivity index (χ1n) is 9.23. The van der Waals surface area contributed by atoms with Gasteiger partial charge in [-0.1, -0.05) is 0 Å². The molecule has 27 heavy (non-hydrogen) atoms. The molecule has 1 saturated heterocycles. The summed E-state index contributed by atoms with van der Waals surface area (Å²) in [4.78, 5) is 14.4.